The van der Waals surface area contributed by atoms with Gasteiger partial charge in [0.15, 0.2) is 0 Å². The fourth-order valence-corrected chi connectivity index (χ4v) is 3.87. The molecule has 0 aliphatic rings. The lowest BCUT2D eigenvalue weighted by Gasteiger charge is -2.30. The van der Waals surface area contributed by atoms with E-state index in [-0.39, 0.29) is 0 Å². The highest BCUT2D eigenvalue weighted by Gasteiger charge is 2.36. The Labute approximate surface area is 157 Å². The average molecular weight is 350 g/mol. The third-order valence-corrected chi connectivity index (χ3v) is 5.18. The van der Waals surface area contributed by atoms with Crippen LogP contribution in [0.3, 0.4) is 0 Å². The predicted octanol–water partition coefficient (Wildman–Crippen LogP) is 5.87. The highest BCUT2D eigenvalue weighted by Crippen LogP contribution is 2.42. The monoisotopic (exact) mass is 350 g/mol. The first kappa shape index (κ1) is 15.9. The van der Waals surface area contributed by atoms with Crippen molar-refractivity contribution in [2.24, 2.45) is 0 Å². The normalized spacial score (nSPS) is 11.9. The SMILES string of the molecule is OC(c1ccccc1)(c1ccccc1)c1cccc2c1oc1ccccc12. The van der Waals surface area contributed by atoms with E-state index in [0.29, 0.717) is 5.58 Å². The summed E-state index contributed by atoms with van der Waals surface area (Å²) in [5, 5.41) is 14.1. The van der Waals surface area contributed by atoms with Gasteiger partial charge in [0.1, 0.15) is 16.8 Å². The van der Waals surface area contributed by atoms with Crippen LogP contribution >= 0.6 is 0 Å². The zero-order valence-electron chi connectivity index (χ0n) is 14.7. The summed E-state index contributed by atoms with van der Waals surface area (Å²) >= 11 is 0. The first-order valence-electron chi connectivity index (χ1n) is 9.02. The molecular formula is C25H18O2. The van der Waals surface area contributed by atoms with Gasteiger partial charge in [0.05, 0.1) is 0 Å². The van der Waals surface area contributed by atoms with Gasteiger partial charge in [-0.15, -0.1) is 0 Å². The highest BCUT2D eigenvalue weighted by molar-refractivity contribution is 6.06. The lowest BCUT2D eigenvalue weighted by Crippen LogP contribution is -2.29. The summed E-state index contributed by atoms with van der Waals surface area (Å²) in [6.07, 6.45) is 0. The van der Waals surface area contributed by atoms with Crippen LogP contribution in [0.1, 0.15) is 16.7 Å². The van der Waals surface area contributed by atoms with Gasteiger partial charge in [-0.1, -0.05) is 97.1 Å². The Hall–Kier alpha value is -3.36. The molecule has 0 radical (unpaired) electrons. The maximum absolute atomic E-state index is 12.1. The Kier molecular flexibility index (Phi) is 3.59. The van der Waals surface area contributed by atoms with Crippen LogP contribution in [0.5, 0.6) is 0 Å². The summed E-state index contributed by atoms with van der Waals surface area (Å²) in [6.45, 7) is 0. The van der Waals surface area contributed by atoms with Crippen LogP contribution in [0.4, 0.5) is 0 Å². The van der Waals surface area contributed by atoms with Crippen LogP contribution in [-0.2, 0) is 5.60 Å². The summed E-state index contributed by atoms with van der Waals surface area (Å²) in [6, 6.07) is 33.5. The third kappa shape index (κ3) is 2.38. The van der Waals surface area contributed by atoms with E-state index >= 15 is 0 Å². The molecule has 5 aromatic rings. The minimum atomic E-state index is -1.31. The Morgan fingerprint density at radius 2 is 1.11 bits per heavy atom. The second kappa shape index (κ2) is 6.11. The van der Waals surface area contributed by atoms with Crippen molar-refractivity contribution in [2.45, 2.75) is 5.60 Å². The molecule has 2 nitrogen and oxygen atoms in total. The predicted molar refractivity (Wildman–Crippen MR) is 109 cm³/mol. The molecule has 0 spiro atoms. The molecule has 5 rings (SSSR count). The minimum absolute atomic E-state index is 0.717. The van der Waals surface area contributed by atoms with Crippen LogP contribution in [0.15, 0.2) is 108 Å². The van der Waals surface area contributed by atoms with Crippen LogP contribution < -0.4 is 0 Å². The van der Waals surface area contributed by atoms with Crippen molar-refractivity contribution in [2.75, 3.05) is 0 Å². The average Bonchev–Trinajstić information content (AvgIpc) is 3.13. The summed E-state index contributed by atoms with van der Waals surface area (Å²) in [7, 11) is 0. The quantitative estimate of drug-likeness (QED) is 0.413. The Morgan fingerprint density at radius 3 is 1.78 bits per heavy atom. The Bertz CT molecular complexity index is 1180. The van der Waals surface area contributed by atoms with Crippen molar-refractivity contribution in [3.63, 3.8) is 0 Å². The first-order chi connectivity index (χ1) is 13.3. The van der Waals surface area contributed by atoms with Crippen LogP contribution in [0.2, 0.25) is 0 Å². The minimum Gasteiger partial charge on any atom is -0.456 e. The lowest BCUT2D eigenvalue weighted by molar-refractivity contribution is 0.126. The topological polar surface area (TPSA) is 33.4 Å². The highest BCUT2D eigenvalue weighted by atomic mass is 16.3. The molecule has 0 saturated heterocycles. The maximum atomic E-state index is 12.1. The molecule has 0 aliphatic heterocycles. The Morgan fingerprint density at radius 1 is 0.556 bits per heavy atom. The van der Waals surface area contributed by atoms with E-state index in [1.807, 2.05) is 97.1 Å². The van der Waals surface area contributed by atoms with Crippen molar-refractivity contribution in [1.29, 1.82) is 0 Å². The number of rotatable bonds is 3. The van der Waals surface area contributed by atoms with E-state index in [0.717, 1.165) is 33.0 Å². The number of hydrogen-bond donors (Lipinski definition) is 1. The molecule has 2 heteroatoms. The van der Waals surface area contributed by atoms with Gasteiger partial charge in [-0.25, -0.2) is 0 Å². The second-order valence-electron chi connectivity index (χ2n) is 6.72. The number of para-hydroxylation sites is 2. The number of fused-ring (bicyclic) bond motifs is 3. The molecule has 1 aromatic heterocycles. The van der Waals surface area contributed by atoms with Gasteiger partial charge in [-0.05, 0) is 17.2 Å². The Balaban J connectivity index is 1.89. The molecule has 4 aromatic carbocycles. The summed E-state index contributed by atoms with van der Waals surface area (Å²) in [4.78, 5) is 0. The van der Waals surface area contributed by atoms with Crippen molar-refractivity contribution in [3.8, 4) is 0 Å². The molecular weight excluding hydrogens is 332 g/mol. The smallest absolute Gasteiger partial charge is 0.144 e. The molecule has 0 amide bonds. The van der Waals surface area contributed by atoms with E-state index in [2.05, 4.69) is 6.07 Å². The van der Waals surface area contributed by atoms with E-state index < -0.39 is 5.60 Å². The van der Waals surface area contributed by atoms with Gasteiger partial charge < -0.3 is 9.52 Å². The van der Waals surface area contributed by atoms with Crippen LogP contribution in [0, 0.1) is 0 Å². The molecule has 130 valence electrons. The molecule has 0 aliphatic carbocycles. The lowest BCUT2D eigenvalue weighted by atomic mass is 9.80. The maximum Gasteiger partial charge on any atom is 0.144 e. The summed E-state index contributed by atoms with van der Waals surface area (Å²) < 4.78 is 6.21. The van der Waals surface area contributed by atoms with E-state index in [4.69, 9.17) is 4.42 Å². The molecule has 0 bridgehead atoms. The molecule has 0 atom stereocenters. The molecule has 27 heavy (non-hydrogen) atoms. The van der Waals surface area contributed by atoms with Gasteiger partial charge in [0.25, 0.3) is 0 Å². The van der Waals surface area contributed by atoms with Crippen LogP contribution in [-0.4, -0.2) is 5.11 Å². The van der Waals surface area contributed by atoms with Gasteiger partial charge in [0, 0.05) is 16.3 Å². The molecule has 1 N–H and O–H groups in total. The fraction of sp³-hybridized carbons (Fsp3) is 0.0400. The molecule has 0 saturated carbocycles. The zero-order valence-corrected chi connectivity index (χ0v) is 14.7. The van der Waals surface area contributed by atoms with Crippen molar-refractivity contribution in [3.05, 3.63) is 120 Å². The number of furan rings is 1. The largest absolute Gasteiger partial charge is 0.456 e. The van der Waals surface area contributed by atoms with Gasteiger partial charge in [0.2, 0.25) is 0 Å². The second-order valence-corrected chi connectivity index (χ2v) is 6.72. The number of benzene rings is 4. The van der Waals surface area contributed by atoms with Crippen molar-refractivity contribution in [1.82, 2.24) is 0 Å². The van der Waals surface area contributed by atoms with E-state index in [9.17, 15) is 5.11 Å². The van der Waals surface area contributed by atoms with Crippen molar-refractivity contribution < 1.29 is 9.52 Å². The molecule has 1 heterocycles. The van der Waals surface area contributed by atoms with E-state index in [1.165, 1.54) is 0 Å². The molecule has 0 fully saturated rings. The summed E-state index contributed by atoms with van der Waals surface area (Å²) in [5.74, 6) is 0. The number of hydrogen-bond acceptors (Lipinski definition) is 2. The zero-order chi connectivity index (χ0) is 18.3. The third-order valence-electron chi connectivity index (χ3n) is 5.18. The molecule has 0 unspecified atom stereocenters. The summed E-state index contributed by atoms with van der Waals surface area (Å²) in [5.41, 5.74) is 2.59. The van der Waals surface area contributed by atoms with Gasteiger partial charge >= 0.3 is 0 Å². The van der Waals surface area contributed by atoms with Crippen molar-refractivity contribution >= 4 is 21.9 Å². The van der Waals surface area contributed by atoms with Crippen LogP contribution in [0.25, 0.3) is 21.9 Å². The standard InChI is InChI=1S/C25H18O2/c26-25(18-10-3-1-4-11-18,19-12-5-2-6-13-19)22-16-9-15-21-20-14-7-8-17-23(20)27-24(21)22/h1-17,26H. The first-order valence-corrected chi connectivity index (χ1v) is 9.02. The fourth-order valence-electron chi connectivity index (χ4n) is 3.87. The number of aliphatic hydroxyl groups is 1. The van der Waals surface area contributed by atoms with Gasteiger partial charge in [-0.2, -0.15) is 0 Å². The van der Waals surface area contributed by atoms with E-state index in [1.54, 1.807) is 0 Å². The van der Waals surface area contributed by atoms with Gasteiger partial charge in [-0.3, -0.25) is 0 Å².